The van der Waals surface area contributed by atoms with E-state index in [1.54, 1.807) is 32.9 Å². The van der Waals surface area contributed by atoms with Crippen LogP contribution >= 0.6 is 11.6 Å². The summed E-state index contributed by atoms with van der Waals surface area (Å²) in [5.41, 5.74) is -0.606. The highest BCUT2D eigenvalue weighted by Crippen LogP contribution is 2.13. The summed E-state index contributed by atoms with van der Waals surface area (Å²) in [6, 6.07) is 3.52. The van der Waals surface area contributed by atoms with E-state index in [0.29, 0.717) is 5.02 Å². The fourth-order valence-electron chi connectivity index (χ4n) is 1.21. The standard InChI is InChI=1S/C13H18ClNO/c1-9(15-13(2,3)4)12(16)10-6-5-7-11(14)8-10/h5-9,15H,1-4H3/t9-/m0/s1/i1D3,9D. The lowest BCUT2D eigenvalue weighted by Crippen LogP contribution is -2.46. The topological polar surface area (TPSA) is 29.1 Å². The van der Waals surface area contributed by atoms with E-state index in [0.717, 1.165) is 0 Å². The van der Waals surface area contributed by atoms with Gasteiger partial charge < -0.3 is 5.32 Å². The van der Waals surface area contributed by atoms with Gasteiger partial charge in [0.05, 0.1) is 7.39 Å². The van der Waals surface area contributed by atoms with E-state index in [1.165, 1.54) is 12.1 Å². The first-order valence-corrected chi connectivity index (χ1v) is 5.34. The van der Waals surface area contributed by atoms with Gasteiger partial charge in [-0.15, -0.1) is 0 Å². The first-order chi connectivity index (χ1) is 8.87. The molecular formula is C13H18ClNO. The number of halogens is 1. The van der Waals surface area contributed by atoms with Gasteiger partial charge >= 0.3 is 0 Å². The molecule has 1 N–H and O–H groups in total. The maximum atomic E-state index is 12.5. The van der Waals surface area contributed by atoms with E-state index in [-0.39, 0.29) is 5.56 Å². The van der Waals surface area contributed by atoms with Crippen LogP contribution in [0.3, 0.4) is 0 Å². The van der Waals surface area contributed by atoms with E-state index < -0.39 is 24.2 Å². The number of carbonyl (C=O) groups is 1. The Hall–Kier alpha value is -0.860. The Kier molecular flexibility index (Phi) is 2.57. The third kappa shape index (κ3) is 3.95. The van der Waals surface area contributed by atoms with Gasteiger partial charge in [0.25, 0.3) is 0 Å². The number of hydrogen-bond acceptors (Lipinski definition) is 2. The van der Waals surface area contributed by atoms with E-state index in [4.69, 9.17) is 17.1 Å². The Morgan fingerprint density at radius 1 is 1.56 bits per heavy atom. The Morgan fingerprint density at radius 2 is 2.25 bits per heavy atom. The largest absolute Gasteiger partial charge is 0.303 e. The second kappa shape index (κ2) is 4.98. The van der Waals surface area contributed by atoms with Crippen LogP contribution in [0.2, 0.25) is 5.02 Å². The molecule has 2 nitrogen and oxygen atoms in total. The molecule has 0 amide bonds. The summed E-state index contributed by atoms with van der Waals surface area (Å²) in [5.74, 6) is -0.824. The van der Waals surface area contributed by atoms with Crippen molar-refractivity contribution < 1.29 is 10.3 Å². The van der Waals surface area contributed by atoms with Crippen LogP contribution in [0.15, 0.2) is 24.3 Å². The molecule has 0 aliphatic rings. The molecule has 1 rings (SSSR count). The van der Waals surface area contributed by atoms with Crippen molar-refractivity contribution in [3.63, 3.8) is 0 Å². The lowest BCUT2D eigenvalue weighted by molar-refractivity contribution is 0.0936. The van der Waals surface area contributed by atoms with Gasteiger partial charge in [0.15, 0.2) is 5.78 Å². The number of ketones is 1. The minimum atomic E-state index is -2.81. The number of rotatable bonds is 3. The molecule has 0 saturated carbocycles. The van der Waals surface area contributed by atoms with E-state index in [2.05, 4.69) is 5.32 Å². The minimum absolute atomic E-state index is 0.0976. The van der Waals surface area contributed by atoms with Gasteiger partial charge in [-0.1, -0.05) is 23.7 Å². The summed E-state index contributed by atoms with van der Waals surface area (Å²) >= 11 is 5.81. The molecule has 0 spiro atoms. The van der Waals surface area contributed by atoms with Gasteiger partial charge in [-0.2, -0.15) is 0 Å². The monoisotopic (exact) mass is 243 g/mol. The van der Waals surface area contributed by atoms with Crippen molar-refractivity contribution in [1.29, 1.82) is 0 Å². The van der Waals surface area contributed by atoms with Crippen LogP contribution in [0, 0.1) is 0 Å². The Bertz CT molecular complexity index is 510. The van der Waals surface area contributed by atoms with Crippen LogP contribution in [0.1, 0.15) is 43.5 Å². The quantitative estimate of drug-likeness (QED) is 0.826. The first kappa shape index (κ1) is 8.26. The van der Waals surface area contributed by atoms with Crippen molar-refractivity contribution in [2.45, 2.75) is 39.2 Å². The molecule has 0 bridgehead atoms. The average Bonchev–Trinajstić information content (AvgIpc) is 2.24. The summed E-state index contributed by atoms with van der Waals surface area (Å²) in [4.78, 5) is 12.5. The fraction of sp³-hybridized carbons (Fsp3) is 0.462. The molecule has 3 heteroatoms. The summed E-state index contributed by atoms with van der Waals surface area (Å²) in [7, 11) is 0. The molecule has 0 aliphatic carbocycles. The Morgan fingerprint density at radius 3 is 2.75 bits per heavy atom. The van der Waals surface area contributed by atoms with E-state index in [9.17, 15) is 4.79 Å². The second-order valence-corrected chi connectivity index (χ2v) is 5.03. The van der Waals surface area contributed by atoms with Crippen molar-refractivity contribution in [1.82, 2.24) is 5.32 Å². The van der Waals surface area contributed by atoms with Crippen LogP contribution in [-0.4, -0.2) is 17.3 Å². The molecule has 1 aromatic carbocycles. The molecule has 1 aromatic rings. The van der Waals surface area contributed by atoms with Crippen molar-refractivity contribution >= 4 is 17.4 Å². The number of carbonyl (C=O) groups excluding carboxylic acids is 1. The lowest BCUT2D eigenvalue weighted by atomic mass is 10.0. The molecule has 88 valence electrons. The highest BCUT2D eigenvalue weighted by molar-refractivity contribution is 6.31. The van der Waals surface area contributed by atoms with Gasteiger partial charge in [-0.3, -0.25) is 4.79 Å². The molecule has 0 aromatic heterocycles. The highest BCUT2D eigenvalue weighted by atomic mass is 35.5. The first-order valence-electron chi connectivity index (χ1n) is 6.96. The van der Waals surface area contributed by atoms with Gasteiger partial charge in [0.1, 0.15) is 0 Å². The normalized spacial score (nSPS) is 20.0. The van der Waals surface area contributed by atoms with Crippen LogP contribution in [0.4, 0.5) is 0 Å². The molecule has 0 unspecified atom stereocenters. The van der Waals surface area contributed by atoms with Crippen molar-refractivity contribution in [3.8, 4) is 0 Å². The van der Waals surface area contributed by atoms with Crippen LogP contribution in [0.25, 0.3) is 0 Å². The average molecular weight is 244 g/mol. The Balaban J connectivity index is 3.28. The summed E-state index contributed by atoms with van der Waals surface area (Å²) in [6.45, 7) is 2.30. The van der Waals surface area contributed by atoms with E-state index in [1.807, 2.05) is 0 Å². The number of benzene rings is 1. The number of hydrogen-bond donors (Lipinski definition) is 1. The SMILES string of the molecule is [2H]C([2H])([2H])[C@]([2H])(NC(C)(C)C)C(=O)c1cccc(Cl)c1. The molecule has 0 saturated heterocycles. The lowest BCUT2D eigenvalue weighted by Gasteiger charge is -2.25. The third-order valence-electron chi connectivity index (χ3n) is 1.81. The zero-order valence-electron chi connectivity index (χ0n) is 13.6. The number of Topliss-reactive ketones (excluding diaryl/α,β-unsaturated/α-hetero) is 1. The second-order valence-electron chi connectivity index (χ2n) is 4.59. The van der Waals surface area contributed by atoms with Crippen molar-refractivity contribution in [2.75, 3.05) is 0 Å². The molecule has 16 heavy (non-hydrogen) atoms. The smallest absolute Gasteiger partial charge is 0.179 e. The van der Waals surface area contributed by atoms with Crippen LogP contribution < -0.4 is 5.32 Å². The fourth-order valence-corrected chi connectivity index (χ4v) is 1.40. The van der Waals surface area contributed by atoms with Gasteiger partial charge in [-0.05, 0) is 39.8 Å². The van der Waals surface area contributed by atoms with E-state index >= 15 is 0 Å². The zero-order chi connectivity index (χ0) is 15.8. The Labute approximate surface area is 108 Å². The maximum Gasteiger partial charge on any atom is 0.179 e. The zero-order valence-corrected chi connectivity index (χ0v) is 10.4. The summed E-state index contributed by atoms with van der Waals surface area (Å²) < 4.78 is 30.8. The van der Waals surface area contributed by atoms with Gasteiger partial charge in [-0.25, -0.2) is 0 Å². The van der Waals surface area contributed by atoms with Crippen LogP contribution in [0.5, 0.6) is 0 Å². The molecule has 0 fully saturated rings. The minimum Gasteiger partial charge on any atom is -0.303 e. The summed E-state index contributed by atoms with van der Waals surface area (Å²) in [5, 5.41) is 2.92. The molecule has 0 radical (unpaired) electrons. The molecule has 0 heterocycles. The van der Waals surface area contributed by atoms with Gasteiger partial charge in [0.2, 0.25) is 0 Å². The number of nitrogens with one attached hydrogen (secondary N) is 1. The van der Waals surface area contributed by atoms with Crippen molar-refractivity contribution in [2.24, 2.45) is 0 Å². The summed E-state index contributed by atoms with van der Waals surface area (Å²) in [6.07, 6.45) is 0. The molecule has 0 aliphatic heterocycles. The predicted molar refractivity (Wildman–Crippen MR) is 68.1 cm³/mol. The molecular weight excluding hydrogens is 222 g/mol. The van der Waals surface area contributed by atoms with Crippen molar-refractivity contribution in [3.05, 3.63) is 34.9 Å². The molecule has 1 atom stereocenters. The third-order valence-corrected chi connectivity index (χ3v) is 2.05. The predicted octanol–water partition coefficient (Wildman–Crippen LogP) is 3.30. The van der Waals surface area contributed by atoms with Crippen LogP contribution in [-0.2, 0) is 0 Å². The highest BCUT2D eigenvalue weighted by Gasteiger charge is 2.20. The maximum absolute atomic E-state index is 12.5. The van der Waals surface area contributed by atoms with Gasteiger partial charge in [0, 0.05) is 20.2 Å².